The number of hydrogen-bond donors (Lipinski definition) is 1. The molecule has 0 atom stereocenters. The molecule has 4 nitrogen and oxygen atoms in total. The van der Waals surface area contributed by atoms with Gasteiger partial charge in [0.25, 0.3) is 5.91 Å². The van der Waals surface area contributed by atoms with Crippen molar-refractivity contribution in [3.63, 3.8) is 0 Å². The minimum absolute atomic E-state index is 0.0468. The number of pyridine rings is 1. The fourth-order valence-electron chi connectivity index (χ4n) is 2.41. The first kappa shape index (κ1) is 14.6. The van der Waals surface area contributed by atoms with E-state index in [1.54, 1.807) is 13.0 Å². The van der Waals surface area contributed by atoms with Crippen molar-refractivity contribution in [1.29, 1.82) is 0 Å². The van der Waals surface area contributed by atoms with E-state index in [1.807, 2.05) is 0 Å². The fourth-order valence-corrected chi connectivity index (χ4v) is 2.41. The second-order valence-electron chi connectivity index (χ2n) is 5.03. The molecule has 7 heteroatoms. The Morgan fingerprint density at radius 3 is 2.45 bits per heavy atom. The molecule has 1 aliphatic heterocycles. The molecular formula is C13H16F3N3O. The van der Waals surface area contributed by atoms with Gasteiger partial charge >= 0.3 is 6.18 Å². The van der Waals surface area contributed by atoms with Crippen molar-refractivity contribution in [3.05, 3.63) is 23.4 Å². The van der Waals surface area contributed by atoms with Crippen LogP contribution in [0, 0.1) is 12.8 Å². The first-order chi connectivity index (χ1) is 9.27. The minimum atomic E-state index is -4.17. The summed E-state index contributed by atoms with van der Waals surface area (Å²) in [7, 11) is 0. The second-order valence-corrected chi connectivity index (χ2v) is 5.03. The number of alkyl halides is 3. The molecule has 1 aromatic rings. The Kier molecular flexibility index (Phi) is 3.87. The molecular weight excluding hydrogens is 271 g/mol. The molecule has 2 heterocycles. The predicted octanol–water partition coefficient (Wildman–Crippen LogP) is 2.39. The van der Waals surface area contributed by atoms with E-state index in [2.05, 4.69) is 4.98 Å². The monoisotopic (exact) mass is 287 g/mol. The van der Waals surface area contributed by atoms with Crippen LogP contribution in [0.2, 0.25) is 0 Å². The Morgan fingerprint density at radius 2 is 1.95 bits per heavy atom. The quantitative estimate of drug-likeness (QED) is 0.862. The van der Waals surface area contributed by atoms with Gasteiger partial charge in [-0.25, -0.2) is 4.98 Å². The summed E-state index contributed by atoms with van der Waals surface area (Å²) in [4.78, 5) is 17.6. The highest BCUT2D eigenvalue weighted by atomic mass is 19.4. The summed E-state index contributed by atoms with van der Waals surface area (Å²) < 4.78 is 37.7. The SMILES string of the molecule is Cc1cc(C(=O)N2CCC(C(F)(F)F)CC2)cc(N)n1. The zero-order chi connectivity index (χ0) is 14.9. The highest BCUT2D eigenvalue weighted by Gasteiger charge is 2.41. The molecule has 0 saturated carbocycles. The summed E-state index contributed by atoms with van der Waals surface area (Å²) in [5.74, 6) is -1.36. The lowest BCUT2D eigenvalue weighted by Gasteiger charge is -2.33. The maximum absolute atomic E-state index is 12.6. The van der Waals surface area contributed by atoms with Gasteiger partial charge in [-0.1, -0.05) is 0 Å². The summed E-state index contributed by atoms with van der Waals surface area (Å²) in [6.45, 7) is 1.94. The van der Waals surface area contributed by atoms with Crippen molar-refractivity contribution in [2.24, 2.45) is 5.92 Å². The van der Waals surface area contributed by atoms with E-state index >= 15 is 0 Å². The smallest absolute Gasteiger partial charge is 0.384 e. The van der Waals surface area contributed by atoms with E-state index in [1.165, 1.54) is 11.0 Å². The maximum Gasteiger partial charge on any atom is 0.391 e. The molecule has 0 radical (unpaired) electrons. The Bertz CT molecular complexity index is 488. The molecule has 0 spiro atoms. The molecule has 1 saturated heterocycles. The topological polar surface area (TPSA) is 59.2 Å². The summed E-state index contributed by atoms with van der Waals surface area (Å²) >= 11 is 0. The van der Waals surface area contributed by atoms with Crippen LogP contribution in [-0.4, -0.2) is 35.1 Å². The molecule has 1 amide bonds. The standard InChI is InChI=1S/C13H16F3N3O/c1-8-6-9(7-11(17)18-8)12(20)19-4-2-10(3-5-19)13(14,15)16/h6-7,10H,2-5H2,1H3,(H2,17,18). The van der Waals surface area contributed by atoms with Crippen LogP contribution in [0.25, 0.3) is 0 Å². The van der Waals surface area contributed by atoms with Crippen LogP contribution >= 0.6 is 0 Å². The van der Waals surface area contributed by atoms with E-state index in [0.29, 0.717) is 11.3 Å². The Labute approximate surface area is 114 Å². The first-order valence-corrected chi connectivity index (χ1v) is 6.37. The van der Waals surface area contributed by atoms with Crippen LogP contribution in [0.3, 0.4) is 0 Å². The number of likely N-dealkylation sites (tertiary alicyclic amines) is 1. The highest BCUT2D eigenvalue weighted by molar-refractivity contribution is 5.95. The number of nitrogens with zero attached hydrogens (tertiary/aromatic N) is 2. The zero-order valence-electron chi connectivity index (χ0n) is 11.1. The van der Waals surface area contributed by atoms with Crippen molar-refractivity contribution >= 4 is 11.7 Å². The van der Waals surface area contributed by atoms with Gasteiger partial charge in [0.1, 0.15) is 5.82 Å². The number of rotatable bonds is 1. The summed E-state index contributed by atoms with van der Waals surface area (Å²) in [6.07, 6.45) is -4.27. The van der Waals surface area contributed by atoms with Crippen LogP contribution in [0.15, 0.2) is 12.1 Å². The third kappa shape index (κ3) is 3.20. The average Bonchev–Trinajstić information content (AvgIpc) is 2.36. The van der Waals surface area contributed by atoms with Crippen LogP contribution in [-0.2, 0) is 0 Å². The van der Waals surface area contributed by atoms with E-state index in [0.717, 1.165) is 0 Å². The Balaban J connectivity index is 2.05. The van der Waals surface area contributed by atoms with Gasteiger partial charge in [0.15, 0.2) is 0 Å². The molecule has 0 aliphatic carbocycles. The van der Waals surface area contributed by atoms with Gasteiger partial charge in [0.05, 0.1) is 5.92 Å². The number of hydrogen-bond acceptors (Lipinski definition) is 3. The van der Waals surface area contributed by atoms with Crippen molar-refractivity contribution < 1.29 is 18.0 Å². The predicted molar refractivity (Wildman–Crippen MR) is 68.1 cm³/mol. The van der Waals surface area contributed by atoms with Gasteiger partial charge < -0.3 is 10.6 Å². The normalized spacial score (nSPS) is 17.3. The molecule has 0 unspecified atom stereocenters. The molecule has 2 rings (SSSR count). The second kappa shape index (κ2) is 5.30. The number of anilines is 1. The van der Waals surface area contributed by atoms with E-state index in [9.17, 15) is 18.0 Å². The number of carbonyl (C=O) groups excluding carboxylic acids is 1. The van der Waals surface area contributed by atoms with Gasteiger partial charge in [0, 0.05) is 24.3 Å². The third-order valence-electron chi connectivity index (χ3n) is 3.47. The molecule has 20 heavy (non-hydrogen) atoms. The first-order valence-electron chi connectivity index (χ1n) is 6.37. The molecule has 0 aromatic carbocycles. The highest BCUT2D eigenvalue weighted by Crippen LogP contribution is 2.34. The lowest BCUT2D eigenvalue weighted by atomic mass is 9.96. The number of aromatic nitrogens is 1. The van der Waals surface area contributed by atoms with Crippen molar-refractivity contribution in [1.82, 2.24) is 9.88 Å². The Hall–Kier alpha value is -1.79. The molecule has 1 aliphatic rings. The van der Waals surface area contributed by atoms with E-state index in [-0.39, 0.29) is 37.7 Å². The van der Waals surface area contributed by atoms with Gasteiger partial charge in [-0.3, -0.25) is 4.79 Å². The number of amides is 1. The van der Waals surface area contributed by atoms with Gasteiger partial charge in [-0.05, 0) is 31.9 Å². The summed E-state index contributed by atoms with van der Waals surface area (Å²) in [5.41, 5.74) is 6.56. The third-order valence-corrected chi connectivity index (χ3v) is 3.47. The van der Waals surface area contributed by atoms with Crippen LogP contribution < -0.4 is 5.73 Å². The fraction of sp³-hybridized carbons (Fsp3) is 0.538. The number of carbonyl (C=O) groups is 1. The average molecular weight is 287 g/mol. The number of nitrogen functional groups attached to an aromatic ring is 1. The van der Waals surface area contributed by atoms with Gasteiger partial charge in [-0.15, -0.1) is 0 Å². The largest absolute Gasteiger partial charge is 0.391 e. The van der Waals surface area contributed by atoms with E-state index in [4.69, 9.17) is 5.73 Å². The van der Waals surface area contributed by atoms with Crippen LogP contribution in [0.5, 0.6) is 0 Å². The van der Waals surface area contributed by atoms with E-state index < -0.39 is 12.1 Å². The molecule has 1 fully saturated rings. The Morgan fingerprint density at radius 1 is 1.35 bits per heavy atom. The van der Waals surface area contributed by atoms with Crippen molar-refractivity contribution in [2.45, 2.75) is 25.9 Å². The molecule has 110 valence electrons. The summed E-state index contributed by atoms with van der Waals surface area (Å²) in [5, 5.41) is 0. The lowest BCUT2D eigenvalue weighted by Crippen LogP contribution is -2.42. The molecule has 2 N–H and O–H groups in total. The molecule has 1 aromatic heterocycles. The number of nitrogens with two attached hydrogens (primary N) is 1. The van der Waals surface area contributed by atoms with Crippen LogP contribution in [0.4, 0.5) is 19.0 Å². The maximum atomic E-state index is 12.6. The summed E-state index contributed by atoms with van der Waals surface area (Å²) in [6, 6.07) is 3.04. The van der Waals surface area contributed by atoms with Crippen molar-refractivity contribution in [2.75, 3.05) is 18.8 Å². The number of halogens is 3. The lowest BCUT2D eigenvalue weighted by molar-refractivity contribution is -0.183. The zero-order valence-corrected chi connectivity index (χ0v) is 11.1. The van der Waals surface area contributed by atoms with Crippen LogP contribution in [0.1, 0.15) is 28.9 Å². The van der Waals surface area contributed by atoms with Gasteiger partial charge in [-0.2, -0.15) is 13.2 Å². The minimum Gasteiger partial charge on any atom is -0.384 e. The number of piperidine rings is 1. The number of aryl methyl sites for hydroxylation is 1. The van der Waals surface area contributed by atoms with Gasteiger partial charge in [0.2, 0.25) is 0 Å². The van der Waals surface area contributed by atoms with Crippen molar-refractivity contribution in [3.8, 4) is 0 Å². The molecule has 0 bridgehead atoms.